The van der Waals surface area contributed by atoms with E-state index in [-0.39, 0.29) is 11.6 Å². The Hall–Kier alpha value is -2.08. The molecule has 0 aromatic heterocycles. The minimum absolute atomic E-state index is 0.0914. The molecule has 2 amide bonds. The molecule has 20 heavy (non-hydrogen) atoms. The van der Waals surface area contributed by atoms with E-state index in [0.29, 0.717) is 23.2 Å². The molecule has 0 saturated heterocycles. The second-order valence-electron chi connectivity index (χ2n) is 3.95. The zero-order valence-electron chi connectivity index (χ0n) is 10.8. The van der Waals surface area contributed by atoms with Gasteiger partial charge in [0.1, 0.15) is 0 Å². The lowest BCUT2D eigenvalue weighted by atomic mass is 10.2. The molecule has 2 N–H and O–H groups in total. The van der Waals surface area contributed by atoms with Gasteiger partial charge in [-0.2, -0.15) is 0 Å². The van der Waals surface area contributed by atoms with Gasteiger partial charge in [-0.1, -0.05) is 28.1 Å². The summed E-state index contributed by atoms with van der Waals surface area (Å²) < 4.78 is 0.576. The van der Waals surface area contributed by atoms with Gasteiger partial charge < -0.3 is 15.3 Å². The summed E-state index contributed by atoms with van der Waals surface area (Å²) in [6.45, 7) is 7.91. The largest absolute Gasteiger partial charge is 0.478 e. The van der Waals surface area contributed by atoms with Gasteiger partial charge in [0.05, 0.1) is 5.56 Å². The average Bonchev–Trinajstić information content (AvgIpc) is 2.37. The number of nitrogens with zero attached hydrogens (tertiary/aromatic N) is 1. The van der Waals surface area contributed by atoms with Crippen LogP contribution in [0.15, 0.2) is 48.0 Å². The lowest BCUT2D eigenvalue weighted by Gasteiger charge is -2.20. The Bertz CT molecular complexity index is 533. The lowest BCUT2D eigenvalue weighted by molar-refractivity contribution is 0.0697. The normalized spacial score (nSPS) is 9.65. The van der Waals surface area contributed by atoms with E-state index in [4.69, 9.17) is 5.11 Å². The highest BCUT2D eigenvalue weighted by Gasteiger charge is 2.12. The molecule has 0 aliphatic carbocycles. The number of benzene rings is 1. The monoisotopic (exact) mass is 338 g/mol. The Labute approximate surface area is 125 Å². The Kier molecular flexibility index (Phi) is 5.99. The summed E-state index contributed by atoms with van der Waals surface area (Å²) in [7, 11) is 0. The van der Waals surface area contributed by atoms with Crippen molar-refractivity contribution in [3.63, 3.8) is 0 Å². The summed E-state index contributed by atoms with van der Waals surface area (Å²) in [4.78, 5) is 24.5. The third kappa shape index (κ3) is 4.55. The van der Waals surface area contributed by atoms with Crippen LogP contribution in [0.2, 0.25) is 0 Å². The molecule has 0 atom stereocenters. The minimum atomic E-state index is -1.06. The zero-order valence-corrected chi connectivity index (χ0v) is 12.4. The highest BCUT2D eigenvalue weighted by atomic mass is 79.9. The smallest absolute Gasteiger partial charge is 0.335 e. The van der Waals surface area contributed by atoms with Crippen molar-refractivity contribution >= 4 is 33.6 Å². The first-order valence-corrected chi connectivity index (χ1v) is 6.58. The number of nitrogens with one attached hydrogen (secondary N) is 1. The van der Waals surface area contributed by atoms with Crippen LogP contribution in [0, 0.1) is 0 Å². The molecule has 6 heteroatoms. The Morgan fingerprint density at radius 1 is 1.25 bits per heavy atom. The SMILES string of the molecule is C=CCN(CC=C)C(=O)Nc1cc(Br)cc(C(=O)O)c1. The molecule has 0 radical (unpaired) electrons. The standard InChI is InChI=1S/C14H15BrN2O3/c1-3-5-17(6-4-2)14(20)16-12-8-10(13(18)19)7-11(15)9-12/h3-4,7-9H,1-2,5-6H2,(H,16,20)(H,18,19). The van der Waals surface area contributed by atoms with Gasteiger partial charge in [-0.3, -0.25) is 0 Å². The van der Waals surface area contributed by atoms with Crippen LogP contribution >= 0.6 is 15.9 Å². The van der Waals surface area contributed by atoms with Crippen LogP contribution in [-0.4, -0.2) is 35.1 Å². The maximum Gasteiger partial charge on any atom is 0.335 e. The van der Waals surface area contributed by atoms with Gasteiger partial charge in [0.2, 0.25) is 0 Å². The first kappa shape index (κ1) is 16.0. The van der Waals surface area contributed by atoms with Crippen molar-refractivity contribution in [2.24, 2.45) is 0 Å². The fourth-order valence-corrected chi connectivity index (χ4v) is 2.03. The van der Waals surface area contributed by atoms with Gasteiger partial charge in [-0.15, -0.1) is 13.2 Å². The minimum Gasteiger partial charge on any atom is -0.478 e. The second kappa shape index (κ2) is 7.49. The predicted octanol–water partition coefficient (Wildman–Crippen LogP) is 3.35. The molecular weight excluding hydrogens is 324 g/mol. The molecule has 1 aromatic rings. The van der Waals surface area contributed by atoms with E-state index in [1.165, 1.54) is 17.0 Å². The molecule has 106 valence electrons. The number of aromatic carboxylic acids is 1. The summed E-state index contributed by atoms with van der Waals surface area (Å²) in [5.74, 6) is -1.06. The molecule has 0 heterocycles. The maximum absolute atomic E-state index is 12.0. The van der Waals surface area contributed by atoms with E-state index in [1.807, 2.05) is 0 Å². The molecule has 0 unspecified atom stereocenters. The summed E-state index contributed by atoms with van der Waals surface area (Å²) in [5.41, 5.74) is 0.494. The first-order valence-electron chi connectivity index (χ1n) is 5.79. The topological polar surface area (TPSA) is 69.6 Å². The van der Waals surface area contributed by atoms with Gasteiger partial charge in [0, 0.05) is 23.2 Å². The number of carbonyl (C=O) groups excluding carboxylic acids is 1. The van der Waals surface area contributed by atoms with Gasteiger partial charge >= 0.3 is 12.0 Å². The van der Waals surface area contributed by atoms with Crippen LogP contribution in [-0.2, 0) is 0 Å². The molecule has 0 saturated carbocycles. The number of rotatable bonds is 6. The van der Waals surface area contributed by atoms with E-state index in [1.54, 1.807) is 18.2 Å². The molecular formula is C14H15BrN2O3. The summed E-state index contributed by atoms with van der Waals surface area (Å²) in [6.07, 6.45) is 3.21. The summed E-state index contributed by atoms with van der Waals surface area (Å²) in [5, 5.41) is 11.6. The number of carbonyl (C=O) groups is 2. The molecule has 5 nitrogen and oxygen atoms in total. The quantitative estimate of drug-likeness (QED) is 0.781. The van der Waals surface area contributed by atoms with E-state index in [9.17, 15) is 9.59 Å². The molecule has 0 aliphatic rings. The van der Waals surface area contributed by atoms with E-state index >= 15 is 0 Å². The number of halogens is 1. The fourth-order valence-electron chi connectivity index (χ4n) is 1.54. The highest BCUT2D eigenvalue weighted by Crippen LogP contribution is 2.20. The van der Waals surface area contributed by atoms with E-state index in [0.717, 1.165) is 0 Å². The number of anilines is 1. The van der Waals surface area contributed by atoms with Crippen molar-refractivity contribution in [2.45, 2.75) is 0 Å². The predicted molar refractivity (Wildman–Crippen MR) is 82.1 cm³/mol. The number of carboxylic acids is 1. The molecule has 0 aliphatic heterocycles. The van der Waals surface area contributed by atoms with Gasteiger partial charge in [0.15, 0.2) is 0 Å². The van der Waals surface area contributed by atoms with Crippen LogP contribution in [0.3, 0.4) is 0 Å². The molecule has 1 rings (SSSR count). The van der Waals surface area contributed by atoms with Crippen molar-refractivity contribution in [2.75, 3.05) is 18.4 Å². The molecule has 0 fully saturated rings. The van der Waals surface area contributed by atoms with Crippen molar-refractivity contribution in [1.82, 2.24) is 4.90 Å². The fraction of sp³-hybridized carbons (Fsp3) is 0.143. The van der Waals surface area contributed by atoms with E-state index < -0.39 is 5.97 Å². The average molecular weight is 339 g/mol. The molecule has 0 bridgehead atoms. The maximum atomic E-state index is 12.0. The highest BCUT2D eigenvalue weighted by molar-refractivity contribution is 9.10. The van der Waals surface area contributed by atoms with Crippen LogP contribution in [0.25, 0.3) is 0 Å². The lowest BCUT2D eigenvalue weighted by Crippen LogP contribution is -2.35. The zero-order chi connectivity index (χ0) is 15.1. The second-order valence-corrected chi connectivity index (χ2v) is 4.86. The Balaban J connectivity index is 2.91. The van der Waals surface area contributed by atoms with Crippen molar-refractivity contribution in [3.05, 3.63) is 53.5 Å². The van der Waals surface area contributed by atoms with Gasteiger partial charge in [0.25, 0.3) is 0 Å². The van der Waals surface area contributed by atoms with Crippen LogP contribution in [0.5, 0.6) is 0 Å². The number of urea groups is 1. The van der Waals surface area contributed by atoms with Crippen molar-refractivity contribution < 1.29 is 14.7 Å². The van der Waals surface area contributed by atoms with Crippen LogP contribution in [0.4, 0.5) is 10.5 Å². The summed E-state index contributed by atoms with van der Waals surface area (Å²) >= 11 is 3.21. The van der Waals surface area contributed by atoms with Crippen molar-refractivity contribution in [1.29, 1.82) is 0 Å². The molecule has 0 spiro atoms. The molecule has 1 aromatic carbocycles. The summed E-state index contributed by atoms with van der Waals surface area (Å²) in [6, 6.07) is 4.14. The van der Waals surface area contributed by atoms with Crippen LogP contribution in [0.1, 0.15) is 10.4 Å². The Morgan fingerprint density at radius 3 is 2.35 bits per heavy atom. The van der Waals surface area contributed by atoms with Crippen LogP contribution < -0.4 is 5.32 Å². The third-order valence-corrected chi connectivity index (χ3v) is 2.84. The number of hydrogen-bond acceptors (Lipinski definition) is 2. The third-order valence-electron chi connectivity index (χ3n) is 2.38. The first-order chi connectivity index (χ1) is 9.47. The van der Waals surface area contributed by atoms with Gasteiger partial charge in [-0.05, 0) is 18.2 Å². The van der Waals surface area contributed by atoms with Gasteiger partial charge in [-0.25, -0.2) is 9.59 Å². The van der Waals surface area contributed by atoms with E-state index in [2.05, 4.69) is 34.4 Å². The number of amides is 2. The Morgan fingerprint density at radius 2 is 1.85 bits per heavy atom. The number of hydrogen-bond donors (Lipinski definition) is 2. The van der Waals surface area contributed by atoms with Crippen molar-refractivity contribution in [3.8, 4) is 0 Å². The number of carboxylic acid groups (broad SMARTS) is 1.